The van der Waals surface area contributed by atoms with E-state index in [0.29, 0.717) is 0 Å². The van der Waals surface area contributed by atoms with E-state index in [1.54, 1.807) is 0 Å². The van der Waals surface area contributed by atoms with E-state index in [0.717, 1.165) is 33.4 Å². The first-order chi connectivity index (χ1) is 13.2. The van der Waals surface area contributed by atoms with Crippen molar-refractivity contribution in [1.82, 2.24) is 9.55 Å². The number of aromatic nitrogens is 2. The second-order valence-electron chi connectivity index (χ2n) is 6.85. The summed E-state index contributed by atoms with van der Waals surface area (Å²) in [5, 5.41) is 5.11. The van der Waals surface area contributed by atoms with Crippen molar-refractivity contribution in [2.75, 3.05) is 5.32 Å². The predicted molar refractivity (Wildman–Crippen MR) is 112 cm³/mol. The van der Waals surface area contributed by atoms with Crippen LogP contribution in [0.1, 0.15) is 29.6 Å². The number of nitrogens with zero attached hydrogens (tertiary/aromatic N) is 2. The minimum Gasteiger partial charge on any atom is -0.349 e. The molecule has 0 aliphatic carbocycles. The number of rotatable bonds is 2. The Labute approximate surface area is 167 Å². The minimum absolute atomic E-state index is 0.146. The highest BCUT2D eigenvalue weighted by Gasteiger charge is 2.31. The molecule has 0 bridgehead atoms. The number of benzene rings is 3. The molecule has 27 heavy (non-hydrogen) atoms. The summed E-state index contributed by atoms with van der Waals surface area (Å²) in [6.45, 7) is 0. The quantitative estimate of drug-likeness (QED) is 0.421. The fourth-order valence-corrected chi connectivity index (χ4v) is 4.24. The lowest BCUT2D eigenvalue weighted by atomic mass is 9.93. The molecule has 134 valence electrons. The number of halogens is 2. The number of para-hydroxylation sites is 2. The third-order valence-corrected chi connectivity index (χ3v) is 5.66. The van der Waals surface area contributed by atoms with E-state index in [9.17, 15) is 0 Å². The van der Waals surface area contributed by atoms with E-state index < -0.39 is 0 Å². The molecular formula is C22H17Cl2N3. The Bertz CT molecular complexity index is 1120. The van der Waals surface area contributed by atoms with Crippen molar-refractivity contribution in [3.8, 4) is 0 Å². The first-order valence-corrected chi connectivity index (χ1v) is 9.69. The van der Waals surface area contributed by atoms with Crippen molar-refractivity contribution in [3.63, 3.8) is 0 Å². The van der Waals surface area contributed by atoms with Crippen LogP contribution >= 0.6 is 23.2 Å². The van der Waals surface area contributed by atoms with E-state index in [2.05, 4.69) is 52.3 Å². The number of hydrogen-bond acceptors (Lipinski definition) is 2. The minimum atomic E-state index is 0.146. The molecule has 4 aromatic rings. The van der Waals surface area contributed by atoms with Gasteiger partial charge in [0.05, 0.1) is 23.1 Å². The van der Waals surface area contributed by atoms with E-state index in [-0.39, 0.29) is 12.1 Å². The lowest BCUT2D eigenvalue weighted by Crippen LogP contribution is -2.27. The van der Waals surface area contributed by atoms with E-state index >= 15 is 0 Å². The predicted octanol–water partition coefficient (Wildman–Crippen LogP) is 6.49. The van der Waals surface area contributed by atoms with Crippen LogP contribution in [0, 0.1) is 0 Å². The van der Waals surface area contributed by atoms with Gasteiger partial charge in [0.25, 0.3) is 0 Å². The molecule has 2 atom stereocenters. The molecule has 3 aromatic carbocycles. The van der Waals surface area contributed by atoms with Gasteiger partial charge in [-0.25, -0.2) is 4.98 Å². The second-order valence-corrected chi connectivity index (χ2v) is 7.72. The van der Waals surface area contributed by atoms with Crippen LogP contribution in [-0.4, -0.2) is 9.55 Å². The highest BCUT2D eigenvalue weighted by molar-refractivity contribution is 6.30. The van der Waals surface area contributed by atoms with Crippen LogP contribution in [0.4, 0.5) is 5.95 Å². The summed E-state index contributed by atoms with van der Waals surface area (Å²) in [4.78, 5) is 4.84. The summed E-state index contributed by atoms with van der Waals surface area (Å²) >= 11 is 12.4. The van der Waals surface area contributed by atoms with Crippen LogP contribution in [0.5, 0.6) is 0 Å². The van der Waals surface area contributed by atoms with Crippen LogP contribution in [0.2, 0.25) is 10.0 Å². The van der Waals surface area contributed by atoms with Crippen LogP contribution in [0.25, 0.3) is 11.0 Å². The number of fused-ring (bicyclic) bond motifs is 3. The largest absolute Gasteiger partial charge is 0.349 e. The van der Waals surface area contributed by atoms with Gasteiger partial charge >= 0.3 is 0 Å². The van der Waals surface area contributed by atoms with Gasteiger partial charge in [-0.15, -0.1) is 0 Å². The molecule has 0 saturated heterocycles. The van der Waals surface area contributed by atoms with Crippen LogP contribution in [0.3, 0.4) is 0 Å². The molecule has 5 heteroatoms. The SMILES string of the molecule is Clc1ccc([C@@H]2C[C@@H](c3cccc(Cl)c3)n3c(nc4ccccc43)N2)cc1. The molecule has 5 rings (SSSR count). The highest BCUT2D eigenvalue weighted by Crippen LogP contribution is 2.41. The van der Waals surface area contributed by atoms with Gasteiger partial charge < -0.3 is 9.88 Å². The van der Waals surface area contributed by atoms with Gasteiger partial charge in [-0.3, -0.25) is 0 Å². The van der Waals surface area contributed by atoms with Gasteiger partial charge in [0.2, 0.25) is 5.95 Å². The monoisotopic (exact) mass is 393 g/mol. The molecule has 0 fully saturated rings. The molecular weight excluding hydrogens is 377 g/mol. The van der Waals surface area contributed by atoms with Crippen molar-refractivity contribution in [1.29, 1.82) is 0 Å². The Morgan fingerprint density at radius 1 is 0.852 bits per heavy atom. The van der Waals surface area contributed by atoms with Gasteiger partial charge in [-0.05, 0) is 53.9 Å². The zero-order valence-corrected chi connectivity index (χ0v) is 16.0. The Balaban J connectivity index is 1.67. The van der Waals surface area contributed by atoms with E-state index in [4.69, 9.17) is 28.2 Å². The number of imidazole rings is 1. The molecule has 0 amide bonds. The lowest BCUT2D eigenvalue weighted by molar-refractivity contribution is 0.477. The highest BCUT2D eigenvalue weighted by atomic mass is 35.5. The molecule has 2 heterocycles. The third-order valence-electron chi connectivity index (χ3n) is 5.18. The van der Waals surface area contributed by atoms with Crippen molar-refractivity contribution in [2.45, 2.75) is 18.5 Å². The topological polar surface area (TPSA) is 29.9 Å². The van der Waals surface area contributed by atoms with E-state index in [1.807, 2.05) is 30.3 Å². The van der Waals surface area contributed by atoms with Crippen LogP contribution in [0.15, 0.2) is 72.8 Å². The maximum atomic E-state index is 6.30. The normalized spacial score (nSPS) is 18.9. The standard InChI is InChI=1S/C22H17Cl2N3/c23-16-10-8-14(9-11-16)19-13-21(15-4-3-5-17(24)12-15)27-20-7-2-1-6-18(20)25-22(27)26-19/h1-12,19,21H,13H2,(H,25,26)/t19-,21-/m0/s1. The van der Waals surface area contributed by atoms with Crippen LogP contribution in [-0.2, 0) is 0 Å². The third kappa shape index (κ3) is 2.97. The molecule has 1 N–H and O–H groups in total. The van der Waals surface area contributed by atoms with Gasteiger partial charge in [0.1, 0.15) is 0 Å². The molecule has 1 aromatic heterocycles. The van der Waals surface area contributed by atoms with Crippen LogP contribution < -0.4 is 5.32 Å². The molecule has 0 spiro atoms. The first-order valence-electron chi connectivity index (χ1n) is 8.93. The van der Waals surface area contributed by atoms with E-state index in [1.165, 1.54) is 11.1 Å². The van der Waals surface area contributed by atoms with Gasteiger partial charge in [-0.1, -0.05) is 59.6 Å². The average molecular weight is 394 g/mol. The van der Waals surface area contributed by atoms with Gasteiger partial charge in [-0.2, -0.15) is 0 Å². The summed E-state index contributed by atoms with van der Waals surface area (Å²) < 4.78 is 2.29. The smallest absolute Gasteiger partial charge is 0.204 e. The molecule has 0 radical (unpaired) electrons. The molecule has 1 aliphatic heterocycles. The Hall–Kier alpha value is -2.49. The zero-order valence-electron chi connectivity index (χ0n) is 14.4. The number of hydrogen-bond donors (Lipinski definition) is 1. The molecule has 0 unspecified atom stereocenters. The number of nitrogens with one attached hydrogen (secondary N) is 1. The fourth-order valence-electron chi connectivity index (χ4n) is 3.92. The van der Waals surface area contributed by atoms with Gasteiger partial charge in [0, 0.05) is 10.0 Å². The summed E-state index contributed by atoms with van der Waals surface area (Å²) in [5.41, 5.74) is 4.50. The van der Waals surface area contributed by atoms with Crippen molar-refractivity contribution >= 4 is 40.2 Å². The Kier molecular flexibility index (Phi) is 4.07. The maximum Gasteiger partial charge on any atom is 0.204 e. The summed E-state index contributed by atoms with van der Waals surface area (Å²) in [6, 6.07) is 24.7. The average Bonchev–Trinajstić information content (AvgIpc) is 3.06. The zero-order chi connectivity index (χ0) is 18.4. The lowest BCUT2D eigenvalue weighted by Gasteiger charge is -2.33. The van der Waals surface area contributed by atoms with Crippen molar-refractivity contribution < 1.29 is 0 Å². The number of anilines is 1. The summed E-state index contributed by atoms with van der Waals surface area (Å²) in [5.74, 6) is 0.882. The molecule has 0 saturated carbocycles. The Morgan fingerprint density at radius 3 is 2.48 bits per heavy atom. The second kappa shape index (κ2) is 6.59. The maximum absolute atomic E-state index is 6.30. The van der Waals surface area contributed by atoms with Gasteiger partial charge in [0.15, 0.2) is 0 Å². The molecule has 1 aliphatic rings. The van der Waals surface area contributed by atoms with Crippen molar-refractivity contribution in [3.05, 3.63) is 94.0 Å². The fraction of sp³-hybridized carbons (Fsp3) is 0.136. The first kappa shape index (κ1) is 16.7. The Morgan fingerprint density at radius 2 is 1.67 bits per heavy atom. The summed E-state index contributed by atoms with van der Waals surface area (Å²) in [7, 11) is 0. The molecule has 3 nitrogen and oxygen atoms in total. The van der Waals surface area contributed by atoms with Crippen molar-refractivity contribution in [2.24, 2.45) is 0 Å². The summed E-state index contributed by atoms with van der Waals surface area (Å²) in [6.07, 6.45) is 0.898.